The Hall–Kier alpha value is -2.27. The predicted molar refractivity (Wildman–Crippen MR) is 83.8 cm³/mol. The SMILES string of the molecule is CC(NC(=O)Cc1ccc(F)c(F)c1)C(O)Cc1ccccc1. The third kappa shape index (κ3) is 5.14. The molecule has 2 N–H and O–H groups in total. The van der Waals surface area contributed by atoms with Crippen LogP contribution in [0.2, 0.25) is 0 Å². The van der Waals surface area contributed by atoms with Crippen molar-refractivity contribution in [3.8, 4) is 0 Å². The zero-order chi connectivity index (χ0) is 16.8. The first-order chi connectivity index (χ1) is 11.0. The molecule has 23 heavy (non-hydrogen) atoms. The third-order valence-corrected chi connectivity index (χ3v) is 3.60. The van der Waals surface area contributed by atoms with Gasteiger partial charge in [0, 0.05) is 6.42 Å². The lowest BCUT2D eigenvalue weighted by Crippen LogP contribution is -2.42. The Balaban J connectivity index is 1.87. The fourth-order valence-electron chi connectivity index (χ4n) is 2.27. The van der Waals surface area contributed by atoms with Crippen LogP contribution < -0.4 is 5.32 Å². The highest BCUT2D eigenvalue weighted by molar-refractivity contribution is 5.78. The van der Waals surface area contributed by atoms with E-state index in [0.717, 1.165) is 17.7 Å². The smallest absolute Gasteiger partial charge is 0.224 e. The van der Waals surface area contributed by atoms with Gasteiger partial charge in [0.05, 0.1) is 18.6 Å². The Morgan fingerprint density at radius 2 is 1.78 bits per heavy atom. The minimum atomic E-state index is -0.979. The number of hydrogen-bond acceptors (Lipinski definition) is 2. The quantitative estimate of drug-likeness (QED) is 0.860. The van der Waals surface area contributed by atoms with Gasteiger partial charge in [0.25, 0.3) is 0 Å². The molecular weight excluding hydrogens is 300 g/mol. The fourth-order valence-corrected chi connectivity index (χ4v) is 2.27. The van der Waals surface area contributed by atoms with Gasteiger partial charge in [-0.2, -0.15) is 0 Å². The van der Waals surface area contributed by atoms with E-state index in [9.17, 15) is 18.7 Å². The largest absolute Gasteiger partial charge is 0.391 e. The van der Waals surface area contributed by atoms with Crippen LogP contribution in [0.25, 0.3) is 0 Å². The molecule has 2 unspecified atom stereocenters. The second-order valence-electron chi connectivity index (χ2n) is 5.54. The molecule has 0 heterocycles. The Morgan fingerprint density at radius 1 is 1.09 bits per heavy atom. The second kappa shape index (κ2) is 7.83. The van der Waals surface area contributed by atoms with Crippen molar-refractivity contribution in [1.29, 1.82) is 0 Å². The summed E-state index contributed by atoms with van der Waals surface area (Å²) in [4.78, 5) is 11.9. The lowest BCUT2D eigenvalue weighted by Gasteiger charge is -2.20. The molecule has 2 aromatic rings. The highest BCUT2D eigenvalue weighted by Gasteiger charge is 2.17. The zero-order valence-electron chi connectivity index (χ0n) is 12.8. The summed E-state index contributed by atoms with van der Waals surface area (Å²) in [7, 11) is 0. The molecule has 0 bridgehead atoms. The van der Waals surface area contributed by atoms with E-state index < -0.39 is 23.8 Å². The van der Waals surface area contributed by atoms with Crippen molar-refractivity contribution in [3.05, 3.63) is 71.3 Å². The minimum Gasteiger partial charge on any atom is -0.391 e. The number of nitrogens with one attached hydrogen (secondary N) is 1. The fraction of sp³-hybridized carbons (Fsp3) is 0.278. The molecule has 1 amide bonds. The number of hydrogen-bond donors (Lipinski definition) is 2. The van der Waals surface area contributed by atoms with Crippen LogP contribution in [0.15, 0.2) is 48.5 Å². The molecule has 0 aliphatic heterocycles. The maximum absolute atomic E-state index is 13.1. The Morgan fingerprint density at radius 3 is 2.43 bits per heavy atom. The first kappa shape index (κ1) is 17.1. The molecule has 2 aromatic carbocycles. The minimum absolute atomic E-state index is 0.0698. The highest BCUT2D eigenvalue weighted by atomic mass is 19.2. The number of aliphatic hydroxyl groups is 1. The second-order valence-corrected chi connectivity index (χ2v) is 5.54. The summed E-state index contributed by atoms with van der Waals surface area (Å²) < 4.78 is 26.0. The number of carbonyl (C=O) groups is 1. The standard InChI is InChI=1S/C18H19F2NO2/c1-12(17(22)10-13-5-3-2-4-6-13)21-18(23)11-14-7-8-15(19)16(20)9-14/h2-9,12,17,22H,10-11H2,1H3,(H,21,23). The molecule has 0 aliphatic carbocycles. The van der Waals surface area contributed by atoms with Crippen molar-refractivity contribution >= 4 is 5.91 Å². The van der Waals surface area contributed by atoms with Crippen molar-refractivity contribution < 1.29 is 18.7 Å². The molecule has 2 rings (SSSR count). The summed E-state index contributed by atoms with van der Waals surface area (Å²) in [6.07, 6.45) is -0.376. The lowest BCUT2D eigenvalue weighted by molar-refractivity contribution is -0.121. The molecule has 0 fully saturated rings. The van der Waals surface area contributed by atoms with Gasteiger partial charge in [-0.3, -0.25) is 4.79 Å². The van der Waals surface area contributed by atoms with Gasteiger partial charge < -0.3 is 10.4 Å². The van der Waals surface area contributed by atoms with E-state index in [0.29, 0.717) is 12.0 Å². The molecular formula is C18H19F2NO2. The van der Waals surface area contributed by atoms with Gasteiger partial charge in [0.15, 0.2) is 11.6 Å². The van der Waals surface area contributed by atoms with E-state index >= 15 is 0 Å². The highest BCUT2D eigenvalue weighted by Crippen LogP contribution is 2.10. The molecule has 122 valence electrons. The molecule has 3 nitrogen and oxygen atoms in total. The van der Waals surface area contributed by atoms with Crippen molar-refractivity contribution in [2.45, 2.75) is 31.9 Å². The molecule has 0 radical (unpaired) electrons. The summed E-state index contributed by atoms with van der Waals surface area (Å²) in [6, 6.07) is 12.4. The van der Waals surface area contributed by atoms with Gasteiger partial charge in [-0.05, 0) is 30.2 Å². The maximum Gasteiger partial charge on any atom is 0.224 e. The lowest BCUT2D eigenvalue weighted by atomic mass is 10.0. The van der Waals surface area contributed by atoms with E-state index in [-0.39, 0.29) is 12.3 Å². The van der Waals surface area contributed by atoms with Gasteiger partial charge in [0.2, 0.25) is 5.91 Å². The summed E-state index contributed by atoms with van der Waals surface area (Å²) >= 11 is 0. The number of benzene rings is 2. The monoisotopic (exact) mass is 319 g/mol. The van der Waals surface area contributed by atoms with Crippen LogP contribution in [0.5, 0.6) is 0 Å². The molecule has 0 aliphatic rings. The third-order valence-electron chi connectivity index (χ3n) is 3.60. The van der Waals surface area contributed by atoms with Crippen LogP contribution >= 0.6 is 0 Å². The number of halogens is 2. The average Bonchev–Trinajstić information content (AvgIpc) is 2.51. The van der Waals surface area contributed by atoms with Gasteiger partial charge in [-0.15, -0.1) is 0 Å². The van der Waals surface area contributed by atoms with Gasteiger partial charge >= 0.3 is 0 Å². The van der Waals surface area contributed by atoms with Crippen LogP contribution in [0.1, 0.15) is 18.1 Å². The summed E-state index contributed by atoms with van der Waals surface area (Å²) in [6.45, 7) is 1.71. The predicted octanol–water partition coefficient (Wildman–Crippen LogP) is 2.62. The molecule has 2 atom stereocenters. The van der Waals surface area contributed by atoms with Crippen molar-refractivity contribution in [2.24, 2.45) is 0 Å². The van der Waals surface area contributed by atoms with E-state index in [2.05, 4.69) is 5.32 Å². The Kier molecular flexibility index (Phi) is 5.82. The van der Waals surface area contributed by atoms with Gasteiger partial charge in [-0.25, -0.2) is 8.78 Å². The van der Waals surface area contributed by atoms with Crippen LogP contribution in [-0.4, -0.2) is 23.2 Å². The van der Waals surface area contributed by atoms with Gasteiger partial charge in [0.1, 0.15) is 0 Å². The Labute approximate surface area is 134 Å². The summed E-state index contributed by atoms with van der Waals surface area (Å²) in [5.74, 6) is -2.27. The average molecular weight is 319 g/mol. The molecule has 0 spiro atoms. The van der Waals surface area contributed by atoms with E-state index in [4.69, 9.17) is 0 Å². The summed E-state index contributed by atoms with van der Waals surface area (Å²) in [5, 5.41) is 12.8. The number of amides is 1. The van der Waals surface area contributed by atoms with Crippen molar-refractivity contribution in [2.75, 3.05) is 0 Å². The van der Waals surface area contributed by atoms with Crippen LogP contribution in [0.4, 0.5) is 8.78 Å². The topological polar surface area (TPSA) is 49.3 Å². The van der Waals surface area contributed by atoms with Crippen molar-refractivity contribution in [3.63, 3.8) is 0 Å². The van der Waals surface area contributed by atoms with Crippen molar-refractivity contribution in [1.82, 2.24) is 5.32 Å². The first-order valence-corrected chi connectivity index (χ1v) is 7.41. The van der Waals surface area contributed by atoms with Crippen LogP contribution in [0.3, 0.4) is 0 Å². The van der Waals surface area contributed by atoms with Crippen LogP contribution in [-0.2, 0) is 17.6 Å². The molecule has 0 saturated heterocycles. The van der Waals surface area contributed by atoms with E-state index in [1.807, 2.05) is 30.3 Å². The molecule has 5 heteroatoms. The Bertz CT molecular complexity index is 661. The number of aliphatic hydroxyl groups excluding tert-OH is 1. The van der Waals surface area contributed by atoms with Gasteiger partial charge in [-0.1, -0.05) is 36.4 Å². The zero-order valence-corrected chi connectivity index (χ0v) is 12.8. The maximum atomic E-state index is 13.1. The summed E-state index contributed by atoms with van der Waals surface area (Å²) in [5.41, 5.74) is 1.35. The normalized spacial score (nSPS) is 13.4. The first-order valence-electron chi connectivity index (χ1n) is 7.41. The van der Waals surface area contributed by atoms with E-state index in [1.165, 1.54) is 6.07 Å². The molecule has 0 aromatic heterocycles. The van der Waals surface area contributed by atoms with E-state index in [1.54, 1.807) is 6.92 Å². The van der Waals surface area contributed by atoms with Crippen LogP contribution in [0, 0.1) is 11.6 Å². The number of carbonyl (C=O) groups excluding carboxylic acids is 1. The molecule has 0 saturated carbocycles. The number of rotatable bonds is 6.